The van der Waals surface area contributed by atoms with Crippen LogP contribution in [0.3, 0.4) is 0 Å². The van der Waals surface area contributed by atoms with Crippen LogP contribution < -0.4 is 5.32 Å². The molecule has 3 aromatic rings. The van der Waals surface area contributed by atoms with Gasteiger partial charge >= 0.3 is 5.97 Å². The Bertz CT molecular complexity index is 1130. The summed E-state index contributed by atoms with van der Waals surface area (Å²) in [6.07, 6.45) is 2.09. The monoisotopic (exact) mass is 477 g/mol. The number of carbonyl (C=O) groups excluding carboxylic acids is 1. The molecule has 0 aliphatic carbocycles. The van der Waals surface area contributed by atoms with E-state index < -0.39 is 5.97 Å². The van der Waals surface area contributed by atoms with Gasteiger partial charge in [0.15, 0.2) is 5.11 Å². The molecule has 4 rings (SSSR count). The van der Waals surface area contributed by atoms with Crippen LogP contribution in [-0.2, 0) is 18.3 Å². The van der Waals surface area contributed by atoms with Gasteiger partial charge in [0, 0.05) is 67.3 Å². The van der Waals surface area contributed by atoms with Gasteiger partial charge in [0.2, 0.25) is 0 Å². The van der Waals surface area contributed by atoms with Gasteiger partial charge in [-0.15, -0.1) is 11.3 Å². The van der Waals surface area contributed by atoms with E-state index in [4.69, 9.17) is 28.6 Å². The third-order valence-electron chi connectivity index (χ3n) is 5.42. The number of fused-ring (bicyclic) bond motifs is 1. The molecule has 3 heterocycles. The van der Waals surface area contributed by atoms with E-state index in [0.717, 1.165) is 54.2 Å². The van der Waals surface area contributed by atoms with Gasteiger partial charge in [0.05, 0.1) is 17.8 Å². The number of ether oxygens (including phenoxy) is 1. The van der Waals surface area contributed by atoms with Crippen molar-refractivity contribution in [2.75, 3.05) is 38.6 Å². The van der Waals surface area contributed by atoms with Gasteiger partial charge in [-0.25, -0.2) is 4.79 Å². The molecule has 0 saturated carbocycles. The van der Waals surface area contributed by atoms with Crippen LogP contribution in [0.5, 0.6) is 0 Å². The minimum Gasteiger partial charge on any atom is -0.465 e. The number of nitrogens with zero attached hydrogens (tertiary/aromatic N) is 4. The lowest BCUT2D eigenvalue weighted by Crippen LogP contribution is -2.49. The fraction of sp³-hybridized carbons (Fsp3) is 0.381. The summed E-state index contributed by atoms with van der Waals surface area (Å²) in [5, 5.41) is 9.72. The van der Waals surface area contributed by atoms with Crippen molar-refractivity contribution in [1.82, 2.24) is 19.6 Å². The van der Waals surface area contributed by atoms with Crippen molar-refractivity contribution in [2.24, 2.45) is 7.05 Å². The maximum absolute atomic E-state index is 11.9. The van der Waals surface area contributed by atoms with Crippen molar-refractivity contribution in [3.63, 3.8) is 0 Å². The number of methoxy groups -OCH3 is 1. The van der Waals surface area contributed by atoms with Crippen molar-refractivity contribution >= 4 is 62.0 Å². The average molecular weight is 478 g/mol. The molecule has 0 spiro atoms. The number of rotatable bonds is 4. The summed E-state index contributed by atoms with van der Waals surface area (Å²) in [5.41, 5.74) is 3.23. The van der Waals surface area contributed by atoms with Gasteiger partial charge in [-0.2, -0.15) is 5.10 Å². The van der Waals surface area contributed by atoms with Crippen LogP contribution in [-0.4, -0.2) is 64.0 Å². The van der Waals surface area contributed by atoms with Crippen molar-refractivity contribution in [3.8, 4) is 0 Å². The number of anilines is 1. The second-order valence-corrected chi connectivity index (χ2v) is 9.37. The van der Waals surface area contributed by atoms with Crippen molar-refractivity contribution in [1.29, 1.82) is 0 Å². The predicted molar refractivity (Wildman–Crippen MR) is 129 cm³/mol. The lowest BCUT2D eigenvalue weighted by molar-refractivity contribution is 0.0606. The predicted octanol–water partition coefficient (Wildman–Crippen LogP) is 3.90. The largest absolute Gasteiger partial charge is 0.465 e. The first-order chi connectivity index (χ1) is 14.9. The minimum absolute atomic E-state index is 0.416. The Labute approximate surface area is 195 Å². The highest BCUT2D eigenvalue weighted by molar-refractivity contribution is 7.80. The molecule has 31 heavy (non-hydrogen) atoms. The molecule has 7 nitrogen and oxygen atoms in total. The van der Waals surface area contributed by atoms with Crippen molar-refractivity contribution in [2.45, 2.75) is 13.5 Å². The highest BCUT2D eigenvalue weighted by Crippen LogP contribution is 2.37. The van der Waals surface area contributed by atoms with Crippen LogP contribution in [0.1, 0.15) is 20.9 Å². The molecule has 1 saturated heterocycles. The molecule has 1 aliphatic rings. The number of aryl methyl sites for hydroxylation is 2. The van der Waals surface area contributed by atoms with Crippen LogP contribution in [0.4, 0.5) is 5.69 Å². The fourth-order valence-electron chi connectivity index (χ4n) is 3.72. The zero-order valence-corrected chi connectivity index (χ0v) is 20.0. The van der Waals surface area contributed by atoms with E-state index in [2.05, 4.69) is 33.3 Å². The highest BCUT2D eigenvalue weighted by atomic mass is 35.5. The van der Waals surface area contributed by atoms with Gasteiger partial charge in [0.25, 0.3) is 0 Å². The first-order valence-corrected chi connectivity index (χ1v) is 11.5. The van der Waals surface area contributed by atoms with Crippen molar-refractivity contribution < 1.29 is 9.53 Å². The lowest BCUT2D eigenvalue weighted by Gasteiger charge is -2.36. The van der Waals surface area contributed by atoms with E-state index in [1.54, 1.807) is 0 Å². The van der Waals surface area contributed by atoms with Crippen molar-refractivity contribution in [3.05, 3.63) is 45.6 Å². The number of piperazine rings is 1. The Morgan fingerprint density at radius 3 is 2.71 bits per heavy atom. The SMILES string of the molecule is COC(=O)c1sc2cc(NC(=S)N3CCN(Cc4cn(C)nc4C)CC3)ccc2c1Cl. The maximum atomic E-state index is 11.9. The Hall–Kier alpha value is -2.20. The van der Waals surface area contributed by atoms with E-state index in [1.807, 2.05) is 29.9 Å². The van der Waals surface area contributed by atoms with Gasteiger partial charge < -0.3 is 15.0 Å². The molecule has 1 fully saturated rings. The molecule has 10 heteroatoms. The molecular formula is C21H24ClN5O2S2. The molecule has 1 aromatic carbocycles. The number of hydrogen-bond acceptors (Lipinski definition) is 6. The number of halogens is 1. The van der Waals surface area contributed by atoms with E-state index in [1.165, 1.54) is 24.0 Å². The average Bonchev–Trinajstić information content (AvgIpc) is 3.25. The highest BCUT2D eigenvalue weighted by Gasteiger charge is 2.21. The summed E-state index contributed by atoms with van der Waals surface area (Å²) in [4.78, 5) is 16.9. The van der Waals surface area contributed by atoms with E-state index in [-0.39, 0.29) is 0 Å². The van der Waals surface area contributed by atoms with E-state index in [0.29, 0.717) is 15.0 Å². The standard InChI is InChI=1S/C21H24ClN5O2S2/c1-13-14(11-25(2)24-13)12-26-6-8-27(9-7-26)21(30)23-15-4-5-16-17(10-15)31-19(18(16)22)20(28)29-3/h4-5,10-11H,6-9,12H2,1-3H3,(H,23,30). The molecule has 0 radical (unpaired) electrons. The summed E-state index contributed by atoms with van der Waals surface area (Å²) >= 11 is 13.3. The zero-order valence-electron chi connectivity index (χ0n) is 17.6. The zero-order chi connectivity index (χ0) is 22.1. The number of carbonyl (C=O) groups is 1. The molecular weight excluding hydrogens is 454 g/mol. The summed E-state index contributed by atoms with van der Waals surface area (Å²) in [7, 11) is 3.31. The topological polar surface area (TPSA) is 62.6 Å². The number of benzene rings is 1. The molecule has 164 valence electrons. The number of hydrogen-bond donors (Lipinski definition) is 1. The van der Waals surface area contributed by atoms with Crippen LogP contribution in [0.25, 0.3) is 10.1 Å². The number of aromatic nitrogens is 2. The van der Waals surface area contributed by atoms with Gasteiger partial charge in [-0.1, -0.05) is 11.6 Å². The van der Waals surface area contributed by atoms with Crippen LogP contribution >= 0.6 is 35.2 Å². The quantitative estimate of drug-likeness (QED) is 0.451. The van der Waals surface area contributed by atoms with Crippen LogP contribution in [0.2, 0.25) is 5.02 Å². The molecule has 1 N–H and O–H groups in total. The maximum Gasteiger partial charge on any atom is 0.349 e. The smallest absolute Gasteiger partial charge is 0.349 e. The summed E-state index contributed by atoms with van der Waals surface area (Å²) in [6, 6.07) is 5.79. The Balaban J connectivity index is 1.37. The number of nitrogens with one attached hydrogen (secondary N) is 1. The third kappa shape index (κ3) is 4.69. The van der Waals surface area contributed by atoms with Gasteiger partial charge in [-0.3, -0.25) is 9.58 Å². The fourth-order valence-corrected chi connectivity index (χ4v) is 5.49. The Morgan fingerprint density at radius 2 is 2.06 bits per heavy atom. The molecule has 0 bridgehead atoms. The second kappa shape index (κ2) is 9.12. The normalized spacial score (nSPS) is 14.8. The number of thiocarbonyl (C=S) groups is 1. The summed E-state index contributed by atoms with van der Waals surface area (Å²) in [6.45, 7) is 6.58. The van der Waals surface area contributed by atoms with Crippen LogP contribution in [0, 0.1) is 6.92 Å². The molecule has 0 amide bonds. The van der Waals surface area contributed by atoms with Gasteiger partial charge in [0.1, 0.15) is 4.88 Å². The molecule has 0 atom stereocenters. The first-order valence-electron chi connectivity index (χ1n) is 9.93. The Kier molecular flexibility index (Phi) is 6.47. The number of thiophene rings is 1. The van der Waals surface area contributed by atoms with Gasteiger partial charge in [-0.05, 0) is 37.3 Å². The third-order valence-corrected chi connectivity index (χ3v) is 7.42. The summed E-state index contributed by atoms with van der Waals surface area (Å²) in [5.74, 6) is -0.421. The van der Waals surface area contributed by atoms with Crippen LogP contribution in [0.15, 0.2) is 24.4 Å². The molecule has 2 aromatic heterocycles. The van der Waals surface area contributed by atoms with E-state index >= 15 is 0 Å². The Morgan fingerprint density at radius 1 is 1.32 bits per heavy atom. The minimum atomic E-state index is -0.421. The molecule has 0 unspecified atom stereocenters. The lowest BCUT2D eigenvalue weighted by atomic mass is 10.2. The number of esters is 1. The first kappa shape index (κ1) is 22.0. The van der Waals surface area contributed by atoms with E-state index in [9.17, 15) is 4.79 Å². The summed E-state index contributed by atoms with van der Waals surface area (Å²) < 4.78 is 7.59. The second-order valence-electron chi connectivity index (χ2n) is 7.55. The molecule has 1 aliphatic heterocycles.